The third kappa shape index (κ3) is 7.80. The van der Waals surface area contributed by atoms with Crippen molar-refractivity contribution >= 4 is 52.3 Å². The Bertz CT molecular complexity index is 3170. The van der Waals surface area contributed by atoms with Crippen molar-refractivity contribution in [1.82, 2.24) is 0 Å². The number of halogens is 2. The first kappa shape index (κ1) is 47.3. The van der Waals surface area contributed by atoms with E-state index in [1.807, 2.05) is 0 Å². The van der Waals surface area contributed by atoms with Gasteiger partial charge in [0, 0.05) is 0 Å². The molecule has 0 bridgehead atoms. The molecule has 0 amide bonds. The summed E-state index contributed by atoms with van der Waals surface area (Å²) in [5, 5.41) is 2.97. The SMILES string of the molecule is CCCCC1=Cc2c(ccc(-c3ccccc3)c2-c2ccccc2CC)[CH]1[Zr]([Cl])([Cl])([c]1cccc2c1[SiH2]c1ccccc1-2)[CH]1C(CCCC)=Cc2c1ccc(-c1ccccc1)c2-c1ccccc1CC. The molecule has 4 heteroatoms. The van der Waals surface area contributed by atoms with Crippen LogP contribution in [0.5, 0.6) is 0 Å². The van der Waals surface area contributed by atoms with Gasteiger partial charge in [0.1, 0.15) is 0 Å². The van der Waals surface area contributed by atoms with Gasteiger partial charge in [-0.15, -0.1) is 0 Å². The van der Waals surface area contributed by atoms with Crippen LogP contribution in [0.3, 0.4) is 0 Å². The van der Waals surface area contributed by atoms with Crippen LogP contribution in [-0.2, 0) is 29.2 Å². The number of aryl methyl sites for hydroxylation is 2. The third-order valence-electron chi connectivity index (χ3n) is 16.1. The summed E-state index contributed by atoms with van der Waals surface area (Å²) >= 11 is -5.86. The van der Waals surface area contributed by atoms with Gasteiger partial charge >= 0.3 is 431 Å². The Kier molecular flexibility index (Phi) is 13.2. The molecule has 0 saturated heterocycles. The molecule has 0 radical (unpaired) electrons. The molecule has 2 aliphatic carbocycles. The number of fused-ring (bicyclic) bond motifs is 5. The van der Waals surface area contributed by atoms with E-state index in [4.69, 9.17) is 0 Å². The zero-order valence-corrected chi connectivity index (χ0v) is 46.6. The molecule has 70 heavy (non-hydrogen) atoms. The van der Waals surface area contributed by atoms with Gasteiger partial charge in [-0.25, -0.2) is 0 Å². The number of benzene rings is 8. The Hall–Kier alpha value is -5.08. The normalized spacial score (nSPS) is 16.5. The van der Waals surface area contributed by atoms with E-state index in [1.54, 1.807) is 0 Å². The van der Waals surface area contributed by atoms with Crippen LogP contribution in [0.4, 0.5) is 0 Å². The average molecular weight is 1050 g/mol. The van der Waals surface area contributed by atoms with E-state index in [0.29, 0.717) is 0 Å². The van der Waals surface area contributed by atoms with Gasteiger partial charge in [0.05, 0.1) is 0 Å². The predicted octanol–water partition coefficient (Wildman–Crippen LogP) is 16.9. The van der Waals surface area contributed by atoms with Gasteiger partial charge in [0.25, 0.3) is 0 Å². The van der Waals surface area contributed by atoms with Crippen LogP contribution in [0.15, 0.2) is 187 Å². The van der Waals surface area contributed by atoms with Crippen LogP contribution in [0.2, 0.25) is 0 Å². The van der Waals surface area contributed by atoms with E-state index in [-0.39, 0.29) is 7.25 Å². The third-order valence-corrected chi connectivity index (χ3v) is 38.9. The molecule has 0 fully saturated rings. The summed E-state index contributed by atoms with van der Waals surface area (Å²) in [5.41, 5.74) is 23.7. The fourth-order valence-corrected chi connectivity index (χ4v) is 41.0. The van der Waals surface area contributed by atoms with Crippen LogP contribution < -0.4 is 13.6 Å². The van der Waals surface area contributed by atoms with E-state index in [0.717, 1.165) is 51.4 Å². The van der Waals surface area contributed by atoms with Gasteiger partial charge in [0.2, 0.25) is 0 Å². The van der Waals surface area contributed by atoms with Crippen molar-refractivity contribution in [2.75, 3.05) is 0 Å². The Morgan fingerprint density at radius 1 is 0.429 bits per heavy atom. The first-order chi connectivity index (χ1) is 34.3. The van der Waals surface area contributed by atoms with Gasteiger partial charge < -0.3 is 0 Å². The van der Waals surface area contributed by atoms with E-state index < -0.39 is 25.9 Å². The standard InChI is InChI=1S/2C27H27.C12H9Si.2ClH.Zr/c2*1-3-5-11-20-18-23-16-17-25(22-13-7-6-8-14-22)27(26(23)19-20)24-15-10-9-12-21(24)4-2;1-3-7-11-9(5-1)10-6-2-4-8-12(10)13-11;;;/h2*6-10,12-19H,3-5,11H2,1-2H3;1-7H,13H2;2*1H;/q;;;;;+2/p-2. The minimum absolute atomic E-state index is 0.144. The molecule has 8 aromatic carbocycles. The Labute approximate surface area is 427 Å². The molecular weight excluding hydrogens is 983 g/mol. The number of unbranched alkanes of at least 4 members (excludes halogenated alkanes) is 2. The van der Waals surface area contributed by atoms with Crippen molar-refractivity contribution in [1.29, 1.82) is 0 Å². The molecule has 8 aromatic rings. The molecule has 1 heterocycles. The molecule has 2 atom stereocenters. The summed E-state index contributed by atoms with van der Waals surface area (Å²) in [6, 6.07) is 66.3. The molecule has 11 rings (SSSR count). The van der Waals surface area contributed by atoms with Crippen LogP contribution in [0, 0.1) is 0 Å². The summed E-state index contributed by atoms with van der Waals surface area (Å²) in [6.45, 7) is 9.24. The van der Waals surface area contributed by atoms with Crippen LogP contribution >= 0.6 is 17.0 Å². The number of hydrogen-bond acceptors (Lipinski definition) is 0. The first-order valence-electron chi connectivity index (χ1n) is 26.1. The van der Waals surface area contributed by atoms with Gasteiger partial charge in [-0.05, 0) is 0 Å². The van der Waals surface area contributed by atoms with E-state index in [9.17, 15) is 17.0 Å². The maximum atomic E-state index is 9.71. The molecule has 0 N–H and O–H groups in total. The molecular formula is C66H63Cl2SiZr. The summed E-state index contributed by atoms with van der Waals surface area (Å²) in [4.78, 5) is 0. The summed E-state index contributed by atoms with van der Waals surface area (Å²) in [6.07, 6.45) is 13.3. The average Bonchev–Trinajstić information content (AvgIpc) is 4.12. The molecule has 2 unspecified atom stereocenters. The molecule has 3 aliphatic rings. The zero-order chi connectivity index (χ0) is 48.0. The second-order valence-corrected chi connectivity index (χ2v) is 42.5. The molecule has 0 spiro atoms. The van der Waals surface area contributed by atoms with Crippen molar-refractivity contribution in [3.05, 3.63) is 220 Å². The molecule has 0 nitrogen and oxygen atoms in total. The van der Waals surface area contributed by atoms with E-state index in [2.05, 4.69) is 216 Å². The number of hydrogen-bond donors (Lipinski definition) is 0. The fraction of sp³-hybridized carbons (Fsp3) is 0.212. The van der Waals surface area contributed by atoms with Gasteiger partial charge in [-0.3, -0.25) is 0 Å². The zero-order valence-electron chi connectivity index (χ0n) is 41.2. The second-order valence-electron chi connectivity index (χ2n) is 20.1. The van der Waals surface area contributed by atoms with Crippen molar-refractivity contribution in [3.8, 4) is 55.6 Å². The molecule has 1 aliphatic heterocycles. The van der Waals surface area contributed by atoms with Gasteiger partial charge in [0.15, 0.2) is 0 Å². The topological polar surface area (TPSA) is 0 Å². The van der Waals surface area contributed by atoms with Crippen molar-refractivity contribution in [3.63, 3.8) is 0 Å². The van der Waals surface area contributed by atoms with Gasteiger partial charge in [-0.1, -0.05) is 0 Å². The van der Waals surface area contributed by atoms with E-state index in [1.165, 1.54) is 114 Å². The van der Waals surface area contributed by atoms with Gasteiger partial charge in [-0.2, -0.15) is 0 Å². The molecule has 349 valence electrons. The second kappa shape index (κ2) is 19.5. The van der Waals surface area contributed by atoms with Crippen LogP contribution in [0.25, 0.3) is 67.8 Å². The number of rotatable bonds is 15. The Morgan fingerprint density at radius 3 is 1.36 bits per heavy atom. The molecule has 0 aromatic heterocycles. The monoisotopic (exact) mass is 1040 g/mol. The summed E-state index contributed by atoms with van der Waals surface area (Å²) in [5.74, 6) is 0. The predicted molar refractivity (Wildman–Crippen MR) is 305 cm³/mol. The Balaban J connectivity index is 1.26. The summed E-state index contributed by atoms with van der Waals surface area (Å²) in [7, 11) is 18.5. The van der Waals surface area contributed by atoms with Crippen molar-refractivity contribution < 1.29 is 16.4 Å². The van der Waals surface area contributed by atoms with Crippen LogP contribution in [0.1, 0.15) is 107 Å². The maximum absolute atomic E-state index is 9.71. The number of allylic oxidation sites excluding steroid dienone is 2. The fourth-order valence-electron chi connectivity index (χ4n) is 13.0. The van der Waals surface area contributed by atoms with Crippen molar-refractivity contribution in [2.24, 2.45) is 0 Å². The van der Waals surface area contributed by atoms with E-state index >= 15 is 0 Å². The quantitative estimate of drug-likeness (QED) is 0.0898. The van der Waals surface area contributed by atoms with Crippen LogP contribution in [-0.4, -0.2) is 9.52 Å². The van der Waals surface area contributed by atoms with Crippen molar-refractivity contribution in [2.45, 2.75) is 86.3 Å². The Morgan fingerprint density at radius 2 is 0.871 bits per heavy atom. The molecule has 0 saturated carbocycles. The first-order valence-corrected chi connectivity index (χ1v) is 37.9. The minimum atomic E-state index is -5.86. The summed E-state index contributed by atoms with van der Waals surface area (Å²) < 4.78 is 1.01.